The molecule has 0 aliphatic carbocycles. The third kappa shape index (κ3) is 3.39. The molecule has 1 spiro atoms. The molecular formula is C24H25N3O6. The minimum absolute atomic E-state index is 0.0313. The number of carboxylic acid groups (broad SMARTS) is 1. The average molecular weight is 451 g/mol. The molecule has 33 heavy (non-hydrogen) atoms. The fourth-order valence-corrected chi connectivity index (χ4v) is 5.13. The van der Waals surface area contributed by atoms with E-state index < -0.39 is 28.6 Å². The maximum Gasteiger partial charge on any atom is 0.341 e. The van der Waals surface area contributed by atoms with E-state index in [2.05, 4.69) is 5.16 Å². The highest BCUT2D eigenvalue weighted by Gasteiger charge is 2.53. The van der Waals surface area contributed by atoms with Gasteiger partial charge in [-0.1, -0.05) is 35.5 Å². The first-order valence-electron chi connectivity index (χ1n) is 11.0. The van der Waals surface area contributed by atoms with Crippen molar-refractivity contribution in [2.24, 2.45) is 5.16 Å². The van der Waals surface area contributed by atoms with E-state index in [0.29, 0.717) is 25.8 Å². The molecular weight excluding hydrogens is 426 g/mol. The number of aromatic nitrogens is 1. The van der Waals surface area contributed by atoms with Gasteiger partial charge < -0.3 is 24.1 Å². The minimum Gasteiger partial charge on any atom is -0.483 e. The summed E-state index contributed by atoms with van der Waals surface area (Å²) >= 11 is 0. The zero-order valence-electron chi connectivity index (χ0n) is 18.5. The molecule has 2 unspecified atom stereocenters. The topological polar surface area (TPSA) is 110 Å². The van der Waals surface area contributed by atoms with Gasteiger partial charge in [-0.05, 0) is 32.3 Å². The van der Waals surface area contributed by atoms with E-state index in [4.69, 9.17) is 9.57 Å². The molecule has 1 N–H and O–H groups in total. The zero-order valence-corrected chi connectivity index (χ0v) is 18.5. The van der Waals surface area contributed by atoms with E-state index in [-0.39, 0.29) is 30.0 Å². The van der Waals surface area contributed by atoms with Crippen LogP contribution in [0, 0.1) is 0 Å². The normalized spacial score (nSPS) is 25.8. The fourth-order valence-electron chi connectivity index (χ4n) is 5.13. The number of hydrogen-bond acceptors (Lipinski definition) is 6. The van der Waals surface area contributed by atoms with Crippen molar-refractivity contribution in [3.8, 4) is 5.75 Å². The van der Waals surface area contributed by atoms with Crippen LogP contribution in [0.4, 0.5) is 0 Å². The number of fused-ring (bicyclic) bond motifs is 5. The molecule has 3 aliphatic heterocycles. The highest BCUT2D eigenvalue weighted by atomic mass is 16.7. The van der Waals surface area contributed by atoms with Gasteiger partial charge in [0.2, 0.25) is 5.43 Å². The minimum atomic E-state index is -1.37. The second-order valence-corrected chi connectivity index (χ2v) is 9.06. The summed E-state index contributed by atoms with van der Waals surface area (Å²) in [7, 11) is 0. The second kappa shape index (κ2) is 7.75. The fraction of sp³-hybridized carbons (Fsp3) is 0.417. The Balaban J connectivity index is 1.69. The molecule has 9 heteroatoms. The molecule has 3 atom stereocenters. The number of aromatic carboxylic acids is 1. The second-order valence-electron chi connectivity index (χ2n) is 9.06. The Morgan fingerprint density at radius 2 is 2.06 bits per heavy atom. The van der Waals surface area contributed by atoms with Crippen LogP contribution in [0.3, 0.4) is 0 Å². The lowest BCUT2D eigenvalue weighted by Crippen LogP contribution is -2.52. The van der Waals surface area contributed by atoms with Gasteiger partial charge in [-0.15, -0.1) is 0 Å². The van der Waals surface area contributed by atoms with E-state index in [0.717, 1.165) is 11.3 Å². The Hall–Kier alpha value is -3.62. The van der Waals surface area contributed by atoms with Gasteiger partial charge in [-0.3, -0.25) is 9.59 Å². The highest BCUT2D eigenvalue weighted by molar-refractivity contribution is 5.98. The molecule has 2 bridgehead atoms. The highest BCUT2D eigenvalue weighted by Crippen LogP contribution is 2.46. The van der Waals surface area contributed by atoms with Crippen molar-refractivity contribution in [2.75, 3.05) is 6.54 Å². The molecule has 1 fully saturated rings. The molecule has 2 aromatic rings. The Morgan fingerprint density at radius 1 is 1.30 bits per heavy atom. The largest absolute Gasteiger partial charge is 0.483 e. The molecule has 1 aromatic heterocycles. The third-order valence-corrected chi connectivity index (χ3v) is 6.88. The summed E-state index contributed by atoms with van der Waals surface area (Å²) in [6, 6.07) is 8.72. The summed E-state index contributed by atoms with van der Waals surface area (Å²) in [6.45, 7) is 4.23. The van der Waals surface area contributed by atoms with Crippen molar-refractivity contribution in [1.82, 2.24) is 9.47 Å². The lowest BCUT2D eigenvalue weighted by atomic mass is 9.84. The van der Waals surface area contributed by atoms with Gasteiger partial charge >= 0.3 is 5.97 Å². The summed E-state index contributed by atoms with van der Waals surface area (Å²) in [6.07, 6.45) is 3.19. The van der Waals surface area contributed by atoms with E-state index >= 15 is 0 Å². The molecule has 0 radical (unpaired) electrons. The first-order chi connectivity index (χ1) is 15.8. The Labute approximate surface area is 190 Å². The van der Waals surface area contributed by atoms with Crippen molar-refractivity contribution >= 4 is 17.6 Å². The van der Waals surface area contributed by atoms with Gasteiger partial charge in [0.05, 0.1) is 11.8 Å². The average Bonchev–Trinajstić information content (AvgIpc) is 3.13. The van der Waals surface area contributed by atoms with Crippen LogP contribution < -0.4 is 10.2 Å². The number of carbonyl (C=O) groups excluding carboxylic acids is 1. The molecule has 5 rings (SSSR count). The maximum atomic E-state index is 13.6. The number of rotatable bonds is 4. The number of benzene rings is 1. The van der Waals surface area contributed by atoms with E-state index in [9.17, 15) is 19.5 Å². The number of carboxylic acids is 1. The van der Waals surface area contributed by atoms with Gasteiger partial charge in [-0.2, -0.15) is 0 Å². The maximum absolute atomic E-state index is 13.6. The summed E-state index contributed by atoms with van der Waals surface area (Å²) in [5, 5.41) is 13.9. The molecule has 4 heterocycles. The van der Waals surface area contributed by atoms with Gasteiger partial charge in [0.15, 0.2) is 17.0 Å². The quantitative estimate of drug-likeness (QED) is 0.765. The third-order valence-electron chi connectivity index (χ3n) is 6.88. The molecule has 1 aromatic carbocycles. The van der Waals surface area contributed by atoms with E-state index in [1.165, 1.54) is 6.20 Å². The van der Waals surface area contributed by atoms with E-state index in [1.807, 2.05) is 44.2 Å². The summed E-state index contributed by atoms with van der Waals surface area (Å²) in [5.74, 6) is -1.95. The zero-order chi connectivity index (χ0) is 23.3. The van der Waals surface area contributed by atoms with Crippen LogP contribution in [-0.2, 0) is 11.4 Å². The monoisotopic (exact) mass is 451 g/mol. The van der Waals surface area contributed by atoms with Crippen molar-refractivity contribution in [3.63, 3.8) is 0 Å². The molecule has 1 saturated heterocycles. The molecule has 3 aliphatic rings. The van der Waals surface area contributed by atoms with Crippen LogP contribution in [0.5, 0.6) is 5.75 Å². The van der Waals surface area contributed by atoms with Crippen molar-refractivity contribution in [1.29, 1.82) is 0 Å². The Morgan fingerprint density at radius 3 is 2.73 bits per heavy atom. The summed E-state index contributed by atoms with van der Waals surface area (Å²) in [5.41, 5.74) is -0.256. The van der Waals surface area contributed by atoms with Crippen LogP contribution >= 0.6 is 0 Å². The van der Waals surface area contributed by atoms with Crippen molar-refractivity contribution < 1.29 is 24.3 Å². The van der Waals surface area contributed by atoms with Gasteiger partial charge in [-0.25, -0.2) is 4.79 Å². The lowest BCUT2D eigenvalue weighted by Gasteiger charge is -2.42. The van der Waals surface area contributed by atoms with Crippen LogP contribution in [-0.4, -0.2) is 50.3 Å². The predicted molar refractivity (Wildman–Crippen MR) is 119 cm³/mol. The molecule has 1 amide bonds. The number of ether oxygens (including phenoxy) is 1. The van der Waals surface area contributed by atoms with Gasteiger partial charge in [0, 0.05) is 25.2 Å². The lowest BCUT2D eigenvalue weighted by molar-refractivity contribution is -0.0656. The van der Waals surface area contributed by atoms with E-state index in [1.54, 1.807) is 9.47 Å². The van der Waals surface area contributed by atoms with Crippen LogP contribution in [0.2, 0.25) is 0 Å². The standard InChI is InChI=1S/C24H25N3O6/c1-14-10-24(33-25-14)9-8-15(2)26-12-18(24)27-11-17(23(30)31)20(28)21(19(27)22(26)29)32-13-16-6-4-3-5-7-16/h3-7,11,15,18H,8-10,12-13H2,1-2H3,(H,30,31)/t15?,18?,24-/m0/s1. The van der Waals surface area contributed by atoms with Gasteiger partial charge in [0.1, 0.15) is 12.2 Å². The van der Waals surface area contributed by atoms with Gasteiger partial charge in [0.25, 0.3) is 5.91 Å². The van der Waals surface area contributed by atoms with Crippen molar-refractivity contribution in [3.05, 3.63) is 63.6 Å². The summed E-state index contributed by atoms with van der Waals surface area (Å²) < 4.78 is 7.48. The number of hydrogen-bond donors (Lipinski definition) is 1. The first kappa shape index (κ1) is 21.2. The summed E-state index contributed by atoms with van der Waals surface area (Å²) in [4.78, 5) is 46.4. The Bertz CT molecular complexity index is 1220. The molecule has 172 valence electrons. The SMILES string of the molecule is CC1=NO[C@@]2(CCC(C)N3CC2n2cc(C(=O)O)c(=O)c(OCc4ccccc4)c2C3=O)C1. The number of pyridine rings is 1. The number of amides is 1. The molecule has 9 nitrogen and oxygen atoms in total. The smallest absolute Gasteiger partial charge is 0.341 e. The number of nitrogens with zero attached hydrogens (tertiary/aromatic N) is 3. The van der Waals surface area contributed by atoms with Crippen molar-refractivity contribution in [2.45, 2.75) is 57.4 Å². The molecule has 0 saturated carbocycles. The van der Waals surface area contributed by atoms with Crippen LogP contribution in [0.15, 0.2) is 46.5 Å². The Kier molecular flexibility index (Phi) is 4.99. The van der Waals surface area contributed by atoms with Crippen LogP contribution in [0.25, 0.3) is 0 Å². The number of carbonyl (C=O) groups is 2. The first-order valence-corrected chi connectivity index (χ1v) is 11.0. The predicted octanol–water partition coefficient (Wildman–Crippen LogP) is 2.84. The number of oxime groups is 1. The van der Waals surface area contributed by atoms with Crippen LogP contribution in [0.1, 0.15) is 65.6 Å².